The van der Waals surface area contributed by atoms with Gasteiger partial charge in [0.15, 0.2) is 9.84 Å². The molecule has 6 heteroatoms. The molecule has 0 bridgehead atoms. The Morgan fingerprint density at radius 3 is 2.88 bits per heavy atom. The highest BCUT2D eigenvalue weighted by Crippen LogP contribution is 2.26. The van der Waals surface area contributed by atoms with Crippen LogP contribution in [0.15, 0.2) is 23.1 Å². The van der Waals surface area contributed by atoms with E-state index in [2.05, 4.69) is 10.1 Å². The summed E-state index contributed by atoms with van der Waals surface area (Å²) < 4.78 is 28.4. The second-order valence-electron chi connectivity index (χ2n) is 3.80. The normalized spacial score (nSPS) is 17.5. The summed E-state index contributed by atoms with van der Waals surface area (Å²) in [6, 6.07) is 4.44. The molecule has 1 heterocycles. The van der Waals surface area contributed by atoms with Gasteiger partial charge in [0.2, 0.25) is 0 Å². The maximum Gasteiger partial charge on any atom is 0.337 e. The summed E-state index contributed by atoms with van der Waals surface area (Å²) in [5.74, 6) is -0.346. The molecule has 0 saturated heterocycles. The van der Waals surface area contributed by atoms with Crippen molar-refractivity contribution in [3.8, 4) is 0 Å². The lowest BCUT2D eigenvalue weighted by Gasteiger charge is -2.08. The number of carbonyl (C=O) groups excluding carboxylic acids is 1. The largest absolute Gasteiger partial charge is 0.465 e. The van der Waals surface area contributed by atoms with Crippen molar-refractivity contribution in [3.63, 3.8) is 0 Å². The summed E-state index contributed by atoms with van der Waals surface area (Å²) in [5.41, 5.74) is 0.821. The first kappa shape index (κ1) is 11.9. The first-order valence-electron chi connectivity index (χ1n) is 5.23. The van der Waals surface area contributed by atoms with Gasteiger partial charge in [0, 0.05) is 6.54 Å². The highest BCUT2D eigenvalue weighted by molar-refractivity contribution is 7.91. The molecular weight excluding hydrogens is 242 g/mol. The molecule has 1 aliphatic rings. The van der Waals surface area contributed by atoms with Crippen molar-refractivity contribution in [1.82, 2.24) is 0 Å². The van der Waals surface area contributed by atoms with E-state index in [4.69, 9.17) is 0 Å². The molecule has 0 saturated carbocycles. The number of benzene rings is 1. The van der Waals surface area contributed by atoms with Crippen molar-refractivity contribution < 1.29 is 17.9 Å². The minimum absolute atomic E-state index is 0.130. The van der Waals surface area contributed by atoms with Gasteiger partial charge in [0.05, 0.1) is 29.0 Å². The third-order valence-electron chi connectivity index (χ3n) is 2.64. The molecule has 1 aromatic carbocycles. The van der Waals surface area contributed by atoms with Crippen molar-refractivity contribution in [2.24, 2.45) is 0 Å². The fourth-order valence-electron chi connectivity index (χ4n) is 1.78. The van der Waals surface area contributed by atoms with Crippen LogP contribution in [0.3, 0.4) is 0 Å². The number of esters is 1. The average Bonchev–Trinajstić information content (AvgIpc) is 2.47. The summed E-state index contributed by atoms with van der Waals surface area (Å²) in [5, 5.41) is 3.01. The van der Waals surface area contributed by atoms with Crippen LogP contribution in [0.2, 0.25) is 0 Å². The standard InChI is InChI=1S/C11H13NO4S/c1-16-11(13)8-3-4-10-9(7-8)12-5-2-6-17(10,14)15/h3-4,7,12H,2,5-6H2,1H3. The molecule has 92 valence electrons. The maximum atomic E-state index is 11.9. The molecule has 0 spiro atoms. The Hall–Kier alpha value is -1.56. The summed E-state index contributed by atoms with van der Waals surface area (Å²) in [7, 11) is -1.95. The number of ether oxygens (including phenoxy) is 1. The lowest BCUT2D eigenvalue weighted by molar-refractivity contribution is 0.0600. The minimum Gasteiger partial charge on any atom is -0.465 e. The van der Waals surface area contributed by atoms with E-state index in [0.29, 0.717) is 24.2 Å². The monoisotopic (exact) mass is 255 g/mol. The highest BCUT2D eigenvalue weighted by Gasteiger charge is 2.22. The number of hydrogen-bond acceptors (Lipinski definition) is 5. The van der Waals surface area contributed by atoms with Crippen LogP contribution in [0.5, 0.6) is 0 Å². The number of rotatable bonds is 1. The second kappa shape index (κ2) is 4.37. The summed E-state index contributed by atoms with van der Waals surface area (Å²) in [6.07, 6.45) is 0.560. The zero-order valence-corrected chi connectivity index (χ0v) is 10.2. The Morgan fingerprint density at radius 2 is 2.18 bits per heavy atom. The van der Waals surface area contributed by atoms with Gasteiger partial charge in [-0.1, -0.05) is 0 Å². The SMILES string of the molecule is COC(=O)c1ccc2c(c1)NCCCS2(=O)=O. The third kappa shape index (κ3) is 2.26. The molecule has 0 aliphatic carbocycles. The van der Waals surface area contributed by atoms with E-state index in [1.165, 1.54) is 25.3 Å². The molecule has 0 unspecified atom stereocenters. The van der Waals surface area contributed by atoms with Gasteiger partial charge in [0.1, 0.15) is 0 Å². The van der Waals surface area contributed by atoms with Crippen molar-refractivity contribution in [1.29, 1.82) is 0 Å². The Labute approximate surface area is 99.7 Å². The summed E-state index contributed by atoms with van der Waals surface area (Å²) in [4.78, 5) is 11.6. The molecule has 0 amide bonds. The topological polar surface area (TPSA) is 72.5 Å². The molecule has 17 heavy (non-hydrogen) atoms. The van der Waals surface area contributed by atoms with E-state index >= 15 is 0 Å². The van der Waals surface area contributed by atoms with Gasteiger partial charge in [-0.3, -0.25) is 0 Å². The van der Waals surface area contributed by atoms with Crippen LogP contribution in [0, 0.1) is 0 Å². The van der Waals surface area contributed by atoms with Gasteiger partial charge < -0.3 is 10.1 Å². The van der Waals surface area contributed by atoms with Crippen LogP contribution in [0.1, 0.15) is 16.8 Å². The van der Waals surface area contributed by atoms with Crippen molar-refractivity contribution in [2.75, 3.05) is 24.7 Å². The Bertz CT molecular complexity index is 551. The first-order chi connectivity index (χ1) is 8.04. The van der Waals surface area contributed by atoms with Crippen LogP contribution in [-0.4, -0.2) is 33.8 Å². The van der Waals surface area contributed by atoms with Gasteiger partial charge >= 0.3 is 5.97 Å². The Balaban J connectivity index is 2.52. The number of methoxy groups -OCH3 is 1. The molecule has 0 atom stereocenters. The third-order valence-corrected chi connectivity index (χ3v) is 4.49. The molecule has 1 aliphatic heterocycles. The van der Waals surface area contributed by atoms with E-state index < -0.39 is 15.8 Å². The number of carbonyl (C=O) groups is 1. The van der Waals surface area contributed by atoms with E-state index in [-0.39, 0.29) is 10.6 Å². The molecule has 1 aromatic rings. The van der Waals surface area contributed by atoms with Gasteiger partial charge in [-0.2, -0.15) is 0 Å². The zero-order valence-electron chi connectivity index (χ0n) is 9.39. The van der Waals surface area contributed by atoms with E-state index in [1.54, 1.807) is 0 Å². The predicted octanol–water partition coefficient (Wildman–Crippen LogP) is 1.06. The van der Waals surface area contributed by atoms with Gasteiger partial charge in [-0.05, 0) is 24.6 Å². The molecule has 0 fully saturated rings. The van der Waals surface area contributed by atoms with Crippen LogP contribution >= 0.6 is 0 Å². The smallest absolute Gasteiger partial charge is 0.337 e. The highest BCUT2D eigenvalue weighted by atomic mass is 32.2. The molecular formula is C11H13NO4S. The van der Waals surface area contributed by atoms with Gasteiger partial charge in [-0.15, -0.1) is 0 Å². The molecule has 1 N–H and O–H groups in total. The number of sulfone groups is 1. The van der Waals surface area contributed by atoms with Crippen LogP contribution in [-0.2, 0) is 14.6 Å². The number of hydrogen-bond donors (Lipinski definition) is 1. The molecule has 0 radical (unpaired) electrons. The number of fused-ring (bicyclic) bond motifs is 1. The molecule has 5 nitrogen and oxygen atoms in total. The van der Waals surface area contributed by atoms with E-state index in [0.717, 1.165) is 0 Å². The Morgan fingerprint density at radius 1 is 1.41 bits per heavy atom. The van der Waals surface area contributed by atoms with Crippen molar-refractivity contribution in [2.45, 2.75) is 11.3 Å². The van der Waals surface area contributed by atoms with Crippen molar-refractivity contribution in [3.05, 3.63) is 23.8 Å². The second-order valence-corrected chi connectivity index (χ2v) is 5.88. The van der Waals surface area contributed by atoms with Gasteiger partial charge in [0.25, 0.3) is 0 Å². The van der Waals surface area contributed by atoms with Crippen molar-refractivity contribution >= 4 is 21.5 Å². The number of anilines is 1. The van der Waals surface area contributed by atoms with E-state index in [9.17, 15) is 13.2 Å². The summed E-state index contributed by atoms with van der Waals surface area (Å²) >= 11 is 0. The lowest BCUT2D eigenvalue weighted by atomic mass is 10.2. The fourth-order valence-corrected chi connectivity index (χ4v) is 3.27. The fraction of sp³-hybridized carbons (Fsp3) is 0.364. The predicted molar refractivity (Wildman–Crippen MR) is 62.9 cm³/mol. The average molecular weight is 255 g/mol. The van der Waals surface area contributed by atoms with Crippen LogP contribution < -0.4 is 5.32 Å². The summed E-state index contributed by atoms with van der Waals surface area (Å²) in [6.45, 7) is 0.580. The zero-order chi connectivity index (χ0) is 12.5. The first-order valence-corrected chi connectivity index (χ1v) is 6.89. The minimum atomic E-state index is -3.24. The maximum absolute atomic E-state index is 11.9. The molecule has 0 aromatic heterocycles. The van der Waals surface area contributed by atoms with Crippen LogP contribution in [0.4, 0.5) is 5.69 Å². The number of nitrogens with one attached hydrogen (secondary N) is 1. The Kier molecular flexibility index (Phi) is 3.06. The quantitative estimate of drug-likeness (QED) is 0.760. The molecule has 2 rings (SSSR count). The van der Waals surface area contributed by atoms with E-state index in [1.807, 2.05) is 0 Å². The lowest BCUT2D eigenvalue weighted by Crippen LogP contribution is -2.07. The van der Waals surface area contributed by atoms with Gasteiger partial charge in [-0.25, -0.2) is 13.2 Å². The van der Waals surface area contributed by atoms with Crippen LogP contribution in [0.25, 0.3) is 0 Å².